The average Bonchev–Trinajstić information content (AvgIpc) is 2.87. The first-order chi connectivity index (χ1) is 8.08. The van der Waals surface area contributed by atoms with E-state index in [1.54, 1.807) is 0 Å². The average molecular weight is 238 g/mol. The number of carbonyl (C=O) groups excluding carboxylic acids is 3. The summed E-state index contributed by atoms with van der Waals surface area (Å²) in [5.41, 5.74) is 0.278. The van der Waals surface area contributed by atoms with Crippen molar-refractivity contribution in [2.75, 3.05) is 14.2 Å². The first kappa shape index (κ1) is 11.3. The molecule has 2 rings (SSSR count). The first-order valence-electron chi connectivity index (χ1n) is 4.86. The van der Waals surface area contributed by atoms with Gasteiger partial charge in [-0.15, -0.1) is 0 Å². The Morgan fingerprint density at radius 3 is 2.65 bits per heavy atom. The van der Waals surface area contributed by atoms with Gasteiger partial charge in [0.2, 0.25) is 0 Å². The first-order valence-corrected chi connectivity index (χ1v) is 4.86. The van der Waals surface area contributed by atoms with Crippen LogP contribution in [0.25, 0.3) is 0 Å². The molecule has 0 radical (unpaired) electrons. The van der Waals surface area contributed by atoms with Crippen LogP contribution in [0.1, 0.15) is 21.0 Å². The van der Waals surface area contributed by atoms with Crippen molar-refractivity contribution >= 4 is 17.7 Å². The predicted molar refractivity (Wildman–Crippen MR) is 53.4 cm³/mol. The lowest BCUT2D eigenvalue weighted by Crippen LogP contribution is -2.23. The van der Waals surface area contributed by atoms with Gasteiger partial charge in [-0.25, -0.2) is 4.79 Å². The second-order valence-corrected chi connectivity index (χ2v) is 3.53. The van der Waals surface area contributed by atoms with Gasteiger partial charge >= 0.3 is 11.9 Å². The Labute approximate surface area is 96.3 Å². The summed E-state index contributed by atoms with van der Waals surface area (Å²) in [6.45, 7) is 0.0951. The molecule has 2 heterocycles. The fraction of sp³-hybridized carbons (Fsp3) is 0.400. The van der Waals surface area contributed by atoms with Crippen LogP contribution in [0.2, 0.25) is 0 Å². The third kappa shape index (κ3) is 1.69. The lowest BCUT2D eigenvalue weighted by atomic mass is 10.1. The van der Waals surface area contributed by atoms with Crippen LogP contribution >= 0.6 is 0 Å². The highest BCUT2D eigenvalue weighted by molar-refractivity contribution is 6.10. The molecule has 0 saturated heterocycles. The number of aromatic nitrogens is 2. The minimum atomic E-state index is -0.866. The number of carbonyl (C=O) groups is 3. The zero-order valence-corrected chi connectivity index (χ0v) is 9.30. The Morgan fingerprint density at radius 1 is 1.41 bits per heavy atom. The Balaban J connectivity index is 2.28. The molecule has 7 nitrogen and oxygen atoms in total. The van der Waals surface area contributed by atoms with Crippen molar-refractivity contribution in [3.63, 3.8) is 0 Å². The molecule has 0 aliphatic carbocycles. The number of nitrogens with zero attached hydrogens (tertiary/aromatic N) is 2. The van der Waals surface area contributed by atoms with Crippen molar-refractivity contribution in [1.82, 2.24) is 9.78 Å². The standard InChI is InChI=1S/C10H10N2O5/c1-16-9(14)5-4-12-7(8(5)13)3-6(11-12)10(15)17-2/h3,5H,4H2,1-2H3. The van der Waals surface area contributed by atoms with Crippen LogP contribution < -0.4 is 0 Å². The number of rotatable bonds is 2. The molecule has 0 fully saturated rings. The summed E-state index contributed by atoms with van der Waals surface area (Å²) in [4.78, 5) is 34.3. The zero-order valence-electron chi connectivity index (χ0n) is 9.30. The van der Waals surface area contributed by atoms with Crippen molar-refractivity contribution in [1.29, 1.82) is 0 Å². The van der Waals surface area contributed by atoms with E-state index >= 15 is 0 Å². The van der Waals surface area contributed by atoms with Crippen LogP contribution in [0.3, 0.4) is 0 Å². The number of hydrogen-bond acceptors (Lipinski definition) is 6. The van der Waals surface area contributed by atoms with E-state index in [1.165, 1.54) is 25.0 Å². The highest BCUT2D eigenvalue weighted by Gasteiger charge is 2.38. The van der Waals surface area contributed by atoms with Gasteiger partial charge in [-0.3, -0.25) is 14.3 Å². The maximum atomic E-state index is 11.8. The van der Waals surface area contributed by atoms with Crippen LogP contribution in [0.15, 0.2) is 6.07 Å². The number of ketones is 1. The van der Waals surface area contributed by atoms with Gasteiger partial charge in [0.05, 0.1) is 20.8 Å². The van der Waals surface area contributed by atoms with E-state index in [-0.39, 0.29) is 23.7 Å². The quantitative estimate of drug-likeness (QED) is 0.517. The summed E-state index contributed by atoms with van der Waals surface area (Å²) < 4.78 is 10.3. The molecule has 1 aliphatic heterocycles. The summed E-state index contributed by atoms with van der Waals surface area (Å²) in [7, 11) is 2.45. The van der Waals surface area contributed by atoms with Gasteiger partial charge in [-0.05, 0) is 0 Å². The molecule has 0 bridgehead atoms. The number of Topliss-reactive ketones (excluding diaryl/α,β-unsaturated/α-hetero) is 1. The minimum Gasteiger partial charge on any atom is -0.468 e. The second kappa shape index (κ2) is 4.00. The Bertz CT molecular complexity index is 505. The molecule has 0 amide bonds. The summed E-state index contributed by atoms with van der Waals surface area (Å²) in [6, 6.07) is 1.32. The third-order valence-corrected chi connectivity index (χ3v) is 2.58. The van der Waals surface area contributed by atoms with Crippen LogP contribution in [-0.4, -0.2) is 41.7 Å². The molecule has 1 aliphatic rings. The molecule has 0 aromatic carbocycles. The van der Waals surface area contributed by atoms with E-state index in [4.69, 9.17) is 0 Å². The van der Waals surface area contributed by atoms with Crippen LogP contribution in [-0.2, 0) is 20.8 Å². The van der Waals surface area contributed by atoms with Gasteiger partial charge in [0, 0.05) is 6.07 Å². The maximum absolute atomic E-state index is 11.8. The van der Waals surface area contributed by atoms with E-state index in [0.29, 0.717) is 0 Å². The van der Waals surface area contributed by atoms with Crippen molar-refractivity contribution in [3.8, 4) is 0 Å². The SMILES string of the molecule is COC(=O)c1cc2n(n1)CC(C(=O)OC)C2=O. The molecule has 0 N–H and O–H groups in total. The maximum Gasteiger partial charge on any atom is 0.358 e. The summed E-state index contributed by atoms with van der Waals surface area (Å²) in [5, 5.41) is 3.89. The van der Waals surface area contributed by atoms with Crippen molar-refractivity contribution in [2.45, 2.75) is 6.54 Å². The second-order valence-electron chi connectivity index (χ2n) is 3.53. The normalized spacial score (nSPS) is 17.8. The van der Waals surface area contributed by atoms with E-state index in [1.807, 2.05) is 0 Å². The Kier molecular flexibility index (Phi) is 2.66. The lowest BCUT2D eigenvalue weighted by molar-refractivity contribution is -0.143. The van der Waals surface area contributed by atoms with E-state index in [2.05, 4.69) is 14.6 Å². The van der Waals surface area contributed by atoms with Gasteiger partial charge in [-0.1, -0.05) is 0 Å². The van der Waals surface area contributed by atoms with Gasteiger partial charge in [0.25, 0.3) is 0 Å². The van der Waals surface area contributed by atoms with Gasteiger partial charge in [0.1, 0.15) is 11.6 Å². The number of methoxy groups -OCH3 is 2. The van der Waals surface area contributed by atoms with Gasteiger partial charge in [-0.2, -0.15) is 5.10 Å². The lowest BCUT2D eigenvalue weighted by Gasteiger charge is -2.03. The number of esters is 2. The smallest absolute Gasteiger partial charge is 0.358 e. The molecular weight excluding hydrogens is 228 g/mol. The summed E-state index contributed by atoms with van der Waals surface area (Å²) in [6.07, 6.45) is 0. The highest BCUT2D eigenvalue weighted by Crippen LogP contribution is 2.22. The predicted octanol–water partition coefficient (Wildman–Crippen LogP) is -0.345. The number of fused-ring (bicyclic) bond motifs is 1. The fourth-order valence-electron chi connectivity index (χ4n) is 1.72. The largest absolute Gasteiger partial charge is 0.468 e. The molecule has 0 saturated carbocycles. The Hall–Kier alpha value is -2.18. The van der Waals surface area contributed by atoms with Crippen LogP contribution in [0, 0.1) is 5.92 Å². The molecule has 7 heteroatoms. The van der Waals surface area contributed by atoms with Crippen molar-refractivity contribution in [3.05, 3.63) is 17.5 Å². The number of hydrogen-bond donors (Lipinski definition) is 0. The number of ether oxygens (including phenoxy) is 2. The summed E-state index contributed by atoms with van der Waals surface area (Å²) >= 11 is 0. The molecule has 1 unspecified atom stereocenters. The highest BCUT2D eigenvalue weighted by atomic mass is 16.5. The van der Waals surface area contributed by atoms with Gasteiger partial charge in [0.15, 0.2) is 11.5 Å². The van der Waals surface area contributed by atoms with E-state index in [9.17, 15) is 14.4 Å². The van der Waals surface area contributed by atoms with Crippen molar-refractivity contribution < 1.29 is 23.9 Å². The molecular formula is C10H10N2O5. The molecule has 17 heavy (non-hydrogen) atoms. The molecule has 1 aromatic heterocycles. The third-order valence-electron chi connectivity index (χ3n) is 2.58. The van der Waals surface area contributed by atoms with Crippen LogP contribution in [0.5, 0.6) is 0 Å². The van der Waals surface area contributed by atoms with Gasteiger partial charge < -0.3 is 9.47 Å². The monoisotopic (exact) mass is 238 g/mol. The molecule has 90 valence electrons. The topological polar surface area (TPSA) is 87.5 Å². The molecule has 0 spiro atoms. The Morgan fingerprint density at radius 2 is 2.12 bits per heavy atom. The molecule has 1 aromatic rings. The minimum absolute atomic E-state index is 0.0548. The van der Waals surface area contributed by atoms with E-state index in [0.717, 1.165) is 0 Å². The van der Waals surface area contributed by atoms with Crippen LogP contribution in [0.4, 0.5) is 0 Å². The molecule has 1 atom stereocenters. The fourth-order valence-corrected chi connectivity index (χ4v) is 1.72. The zero-order chi connectivity index (χ0) is 12.6. The van der Waals surface area contributed by atoms with E-state index < -0.39 is 17.9 Å². The van der Waals surface area contributed by atoms with Crippen molar-refractivity contribution in [2.24, 2.45) is 5.92 Å². The summed E-state index contributed by atoms with van der Waals surface area (Å²) in [5.74, 6) is -2.47.